The minimum absolute atomic E-state index is 0.0523. The van der Waals surface area contributed by atoms with Crippen LogP contribution in [0.1, 0.15) is 31.2 Å². The zero-order valence-corrected chi connectivity index (χ0v) is 10.8. The van der Waals surface area contributed by atoms with E-state index in [2.05, 4.69) is 5.32 Å². The fourth-order valence-electron chi connectivity index (χ4n) is 2.69. The van der Waals surface area contributed by atoms with E-state index in [0.717, 1.165) is 12.5 Å². The molecule has 112 valence electrons. The van der Waals surface area contributed by atoms with Gasteiger partial charge in [0.1, 0.15) is 0 Å². The monoisotopic (exact) mass is 293 g/mol. The Kier molecular flexibility index (Phi) is 4.62. The van der Waals surface area contributed by atoms with Crippen LogP contribution in [-0.4, -0.2) is 12.2 Å². The van der Waals surface area contributed by atoms with Gasteiger partial charge in [-0.3, -0.25) is 0 Å². The van der Waals surface area contributed by atoms with Crippen molar-refractivity contribution in [1.29, 1.82) is 0 Å². The summed E-state index contributed by atoms with van der Waals surface area (Å²) in [5.41, 5.74) is 0.0523. The quantitative estimate of drug-likeness (QED) is 0.825. The normalized spacial score (nSPS) is 23.9. The number of benzene rings is 1. The third-order valence-corrected chi connectivity index (χ3v) is 3.77. The molecule has 0 aliphatic heterocycles. The Balaban J connectivity index is 2.03. The molecule has 2 rings (SSSR count). The number of hydrogen-bond donors (Lipinski definition) is 1. The summed E-state index contributed by atoms with van der Waals surface area (Å²) in [7, 11) is 0. The number of alkyl halides is 3. The Bertz CT molecular complexity index is 457. The van der Waals surface area contributed by atoms with Gasteiger partial charge in [-0.05, 0) is 18.9 Å². The van der Waals surface area contributed by atoms with Crippen molar-refractivity contribution < 1.29 is 22.0 Å². The van der Waals surface area contributed by atoms with Gasteiger partial charge in [-0.25, -0.2) is 8.78 Å². The van der Waals surface area contributed by atoms with Gasteiger partial charge in [0.05, 0.1) is 5.92 Å². The van der Waals surface area contributed by atoms with E-state index in [-0.39, 0.29) is 18.5 Å². The lowest BCUT2D eigenvalue weighted by Crippen LogP contribution is -2.45. The van der Waals surface area contributed by atoms with E-state index in [1.54, 1.807) is 0 Å². The van der Waals surface area contributed by atoms with Crippen molar-refractivity contribution in [3.05, 3.63) is 35.4 Å². The highest BCUT2D eigenvalue weighted by atomic mass is 19.4. The Hall–Kier alpha value is -1.17. The van der Waals surface area contributed by atoms with Crippen LogP contribution in [0, 0.1) is 17.6 Å². The summed E-state index contributed by atoms with van der Waals surface area (Å²) in [6.07, 6.45) is -2.49. The topological polar surface area (TPSA) is 12.0 Å². The van der Waals surface area contributed by atoms with E-state index in [0.29, 0.717) is 12.8 Å². The number of hydrogen-bond acceptors (Lipinski definition) is 1. The first-order valence-electron chi connectivity index (χ1n) is 6.62. The number of halogens is 5. The summed E-state index contributed by atoms with van der Waals surface area (Å²) in [6, 6.07) is 2.97. The molecular formula is C14H16F5N. The van der Waals surface area contributed by atoms with Gasteiger partial charge in [-0.1, -0.05) is 25.0 Å². The molecule has 20 heavy (non-hydrogen) atoms. The van der Waals surface area contributed by atoms with Crippen molar-refractivity contribution in [3.8, 4) is 0 Å². The molecule has 0 radical (unpaired) electrons. The molecular weight excluding hydrogens is 277 g/mol. The van der Waals surface area contributed by atoms with Gasteiger partial charge in [-0.2, -0.15) is 13.2 Å². The Labute approximate surface area is 114 Å². The van der Waals surface area contributed by atoms with Crippen LogP contribution < -0.4 is 5.32 Å². The minimum Gasteiger partial charge on any atom is -0.309 e. The van der Waals surface area contributed by atoms with Crippen LogP contribution in [-0.2, 0) is 6.54 Å². The summed E-state index contributed by atoms with van der Waals surface area (Å²) in [4.78, 5) is 0. The van der Waals surface area contributed by atoms with E-state index in [1.807, 2.05) is 0 Å². The second-order valence-corrected chi connectivity index (χ2v) is 5.13. The van der Waals surface area contributed by atoms with Crippen LogP contribution in [0.25, 0.3) is 0 Å². The van der Waals surface area contributed by atoms with Crippen LogP contribution in [0.3, 0.4) is 0 Å². The first kappa shape index (κ1) is 15.2. The molecule has 6 heteroatoms. The van der Waals surface area contributed by atoms with E-state index >= 15 is 0 Å². The highest BCUT2D eigenvalue weighted by Crippen LogP contribution is 2.37. The Morgan fingerprint density at radius 3 is 2.50 bits per heavy atom. The molecule has 1 aliphatic rings. The van der Waals surface area contributed by atoms with Crippen LogP contribution in [0.2, 0.25) is 0 Å². The zero-order chi connectivity index (χ0) is 14.8. The van der Waals surface area contributed by atoms with Gasteiger partial charge in [0, 0.05) is 18.2 Å². The maximum Gasteiger partial charge on any atom is 0.393 e. The number of nitrogens with one attached hydrogen (secondary N) is 1. The molecule has 1 fully saturated rings. The highest BCUT2D eigenvalue weighted by Gasteiger charge is 2.45. The summed E-state index contributed by atoms with van der Waals surface area (Å²) < 4.78 is 65.1. The SMILES string of the molecule is Fc1cccc(CNC2CCCCC2C(F)(F)F)c1F. The maximum atomic E-state index is 13.4. The van der Waals surface area contributed by atoms with Crippen molar-refractivity contribution in [2.75, 3.05) is 0 Å². The molecule has 0 amide bonds. The van der Waals surface area contributed by atoms with Crippen molar-refractivity contribution >= 4 is 0 Å². The lowest BCUT2D eigenvalue weighted by molar-refractivity contribution is -0.189. The largest absolute Gasteiger partial charge is 0.393 e. The summed E-state index contributed by atoms with van der Waals surface area (Å²) >= 11 is 0. The smallest absolute Gasteiger partial charge is 0.309 e. The number of rotatable bonds is 3. The van der Waals surface area contributed by atoms with E-state index in [4.69, 9.17) is 0 Å². The van der Waals surface area contributed by atoms with Crippen molar-refractivity contribution in [1.82, 2.24) is 5.32 Å². The predicted octanol–water partition coefficient (Wildman–Crippen LogP) is 4.18. The third kappa shape index (κ3) is 3.48. The first-order chi connectivity index (χ1) is 9.39. The summed E-state index contributed by atoms with van der Waals surface area (Å²) in [5, 5.41) is 2.74. The summed E-state index contributed by atoms with van der Waals surface area (Å²) in [6.45, 7) is -0.0964. The van der Waals surface area contributed by atoms with Gasteiger partial charge < -0.3 is 5.32 Å². The molecule has 0 heterocycles. The molecule has 1 N–H and O–H groups in total. The molecule has 0 saturated heterocycles. The minimum atomic E-state index is -4.25. The molecule has 2 unspecified atom stereocenters. The van der Waals surface area contributed by atoms with E-state index in [1.165, 1.54) is 12.1 Å². The average molecular weight is 293 g/mol. The Morgan fingerprint density at radius 1 is 1.10 bits per heavy atom. The van der Waals surface area contributed by atoms with Gasteiger partial charge in [0.25, 0.3) is 0 Å². The molecule has 1 aromatic rings. The standard InChI is InChI=1S/C14H16F5N/c15-11-6-3-4-9(13(11)16)8-20-12-7-2-1-5-10(12)14(17,18)19/h3-4,6,10,12,20H,1-2,5,7-8H2. The van der Waals surface area contributed by atoms with Crippen LogP contribution in [0.15, 0.2) is 18.2 Å². The van der Waals surface area contributed by atoms with Gasteiger partial charge in [0.15, 0.2) is 11.6 Å². The predicted molar refractivity (Wildman–Crippen MR) is 65.0 cm³/mol. The van der Waals surface area contributed by atoms with Crippen LogP contribution >= 0.6 is 0 Å². The molecule has 1 saturated carbocycles. The van der Waals surface area contributed by atoms with E-state index < -0.39 is 29.8 Å². The molecule has 1 aliphatic carbocycles. The maximum absolute atomic E-state index is 13.4. The van der Waals surface area contributed by atoms with Gasteiger partial charge >= 0.3 is 6.18 Å². The first-order valence-corrected chi connectivity index (χ1v) is 6.62. The lowest BCUT2D eigenvalue weighted by atomic mass is 9.84. The second kappa shape index (κ2) is 6.08. The molecule has 0 bridgehead atoms. The van der Waals surface area contributed by atoms with E-state index in [9.17, 15) is 22.0 Å². The molecule has 2 atom stereocenters. The lowest BCUT2D eigenvalue weighted by Gasteiger charge is -2.33. The van der Waals surface area contributed by atoms with Crippen molar-refractivity contribution in [2.24, 2.45) is 5.92 Å². The van der Waals surface area contributed by atoms with Crippen molar-refractivity contribution in [2.45, 2.75) is 44.4 Å². The summed E-state index contributed by atoms with van der Waals surface area (Å²) in [5.74, 6) is -3.40. The second-order valence-electron chi connectivity index (χ2n) is 5.13. The van der Waals surface area contributed by atoms with Crippen LogP contribution in [0.5, 0.6) is 0 Å². The molecule has 1 aromatic carbocycles. The Morgan fingerprint density at radius 2 is 1.80 bits per heavy atom. The van der Waals surface area contributed by atoms with Crippen LogP contribution in [0.4, 0.5) is 22.0 Å². The van der Waals surface area contributed by atoms with Gasteiger partial charge in [0.2, 0.25) is 0 Å². The fourth-order valence-corrected chi connectivity index (χ4v) is 2.69. The molecule has 0 spiro atoms. The zero-order valence-electron chi connectivity index (χ0n) is 10.8. The van der Waals surface area contributed by atoms with Crippen molar-refractivity contribution in [3.63, 3.8) is 0 Å². The molecule has 0 aromatic heterocycles. The average Bonchev–Trinajstić information content (AvgIpc) is 2.40. The highest BCUT2D eigenvalue weighted by molar-refractivity contribution is 5.18. The fraction of sp³-hybridized carbons (Fsp3) is 0.571. The third-order valence-electron chi connectivity index (χ3n) is 3.77. The van der Waals surface area contributed by atoms with Gasteiger partial charge in [-0.15, -0.1) is 0 Å². The molecule has 1 nitrogen and oxygen atoms in total.